The summed E-state index contributed by atoms with van der Waals surface area (Å²) < 4.78 is 0. The fraction of sp³-hybridized carbons (Fsp3) is 0.600. The van der Waals surface area contributed by atoms with E-state index in [9.17, 15) is 9.59 Å². The zero-order chi connectivity index (χ0) is 10.8. The van der Waals surface area contributed by atoms with Crippen LogP contribution in [-0.2, 0) is 0 Å². The van der Waals surface area contributed by atoms with E-state index in [0.717, 1.165) is 19.4 Å². The van der Waals surface area contributed by atoms with Crippen LogP contribution in [0.2, 0.25) is 0 Å². The summed E-state index contributed by atoms with van der Waals surface area (Å²) in [6.45, 7) is 3.43. The molecule has 2 rings (SSSR count). The number of hydrogen-bond acceptors (Lipinski definition) is 3. The lowest BCUT2D eigenvalue weighted by atomic mass is 9.93. The number of aromatic amines is 2. The summed E-state index contributed by atoms with van der Waals surface area (Å²) in [5.41, 5.74) is 0.767. The lowest BCUT2D eigenvalue weighted by molar-refractivity contribution is 0.0894. The highest BCUT2D eigenvalue weighted by molar-refractivity contribution is 5.97. The Labute approximate surface area is 87.3 Å². The summed E-state index contributed by atoms with van der Waals surface area (Å²) in [5, 5.41) is 3.19. The van der Waals surface area contributed by atoms with Crippen LogP contribution in [0.1, 0.15) is 29.0 Å². The second-order valence-electron chi connectivity index (χ2n) is 3.99. The molecule has 5 heteroatoms. The topological polar surface area (TPSA) is 77.8 Å². The molecular weight excluding hydrogens is 194 g/mol. The van der Waals surface area contributed by atoms with Gasteiger partial charge in [0.1, 0.15) is 5.69 Å². The first-order chi connectivity index (χ1) is 7.18. The molecule has 1 aliphatic heterocycles. The monoisotopic (exact) mass is 209 g/mol. The van der Waals surface area contributed by atoms with Gasteiger partial charge in [0.2, 0.25) is 0 Å². The first-order valence-electron chi connectivity index (χ1n) is 5.22. The molecule has 1 atom stereocenters. The van der Waals surface area contributed by atoms with Crippen LogP contribution >= 0.6 is 0 Å². The molecule has 1 saturated heterocycles. The van der Waals surface area contributed by atoms with Crippen molar-refractivity contribution in [3.63, 3.8) is 0 Å². The fourth-order valence-electron chi connectivity index (χ4n) is 2.00. The van der Waals surface area contributed by atoms with E-state index in [0.29, 0.717) is 17.9 Å². The van der Waals surface area contributed by atoms with Gasteiger partial charge in [-0.3, -0.25) is 4.79 Å². The van der Waals surface area contributed by atoms with Gasteiger partial charge in [0.15, 0.2) is 5.78 Å². The summed E-state index contributed by atoms with van der Waals surface area (Å²) in [6.07, 6.45) is 1.92. The van der Waals surface area contributed by atoms with Crippen molar-refractivity contribution >= 4 is 5.78 Å². The molecule has 1 fully saturated rings. The zero-order valence-electron chi connectivity index (χ0n) is 8.72. The molecule has 82 valence electrons. The maximum absolute atomic E-state index is 12.0. The zero-order valence-corrected chi connectivity index (χ0v) is 8.72. The number of piperidine rings is 1. The van der Waals surface area contributed by atoms with Crippen LogP contribution in [0.15, 0.2) is 4.79 Å². The Morgan fingerprint density at radius 1 is 1.40 bits per heavy atom. The number of carbonyl (C=O) groups is 1. The Balaban J connectivity index is 2.19. The highest BCUT2D eigenvalue weighted by atomic mass is 16.1. The van der Waals surface area contributed by atoms with Crippen LogP contribution < -0.4 is 11.0 Å². The molecule has 3 N–H and O–H groups in total. The number of rotatable bonds is 2. The third kappa shape index (κ3) is 2.02. The summed E-state index contributed by atoms with van der Waals surface area (Å²) >= 11 is 0. The number of hydrogen-bond donors (Lipinski definition) is 3. The molecule has 0 aromatic carbocycles. The first kappa shape index (κ1) is 10.2. The maximum Gasteiger partial charge on any atom is 0.323 e. The SMILES string of the molecule is Cc1[nH]c(=O)[nH]c1C(=O)C1CCCNC1. The van der Waals surface area contributed by atoms with Crippen molar-refractivity contribution in [3.05, 3.63) is 21.9 Å². The van der Waals surface area contributed by atoms with E-state index in [-0.39, 0.29) is 17.4 Å². The van der Waals surface area contributed by atoms with Gasteiger partial charge in [-0.1, -0.05) is 0 Å². The van der Waals surface area contributed by atoms with Gasteiger partial charge < -0.3 is 15.3 Å². The molecule has 0 amide bonds. The number of aromatic nitrogens is 2. The lowest BCUT2D eigenvalue weighted by Crippen LogP contribution is -2.34. The highest BCUT2D eigenvalue weighted by Gasteiger charge is 2.24. The van der Waals surface area contributed by atoms with Gasteiger partial charge in [-0.25, -0.2) is 4.79 Å². The molecule has 1 unspecified atom stereocenters. The molecule has 1 aromatic rings. The number of H-pyrrole nitrogens is 2. The van der Waals surface area contributed by atoms with E-state index < -0.39 is 0 Å². The van der Waals surface area contributed by atoms with Gasteiger partial charge in [0.25, 0.3) is 0 Å². The summed E-state index contributed by atoms with van der Waals surface area (Å²) in [6, 6.07) is 0. The van der Waals surface area contributed by atoms with Crippen LogP contribution in [-0.4, -0.2) is 28.8 Å². The molecule has 15 heavy (non-hydrogen) atoms. The molecule has 0 radical (unpaired) electrons. The van der Waals surface area contributed by atoms with Crippen molar-refractivity contribution in [1.29, 1.82) is 0 Å². The number of aryl methyl sites for hydroxylation is 1. The van der Waals surface area contributed by atoms with Crippen LogP contribution in [0.5, 0.6) is 0 Å². The summed E-state index contributed by atoms with van der Waals surface area (Å²) in [7, 11) is 0. The van der Waals surface area contributed by atoms with Gasteiger partial charge >= 0.3 is 5.69 Å². The van der Waals surface area contributed by atoms with Crippen molar-refractivity contribution < 1.29 is 4.79 Å². The highest BCUT2D eigenvalue weighted by Crippen LogP contribution is 2.15. The minimum absolute atomic E-state index is 0.00361. The minimum atomic E-state index is -0.306. The van der Waals surface area contributed by atoms with E-state index >= 15 is 0 Å². The average Bonchev–Trinajstić information content (AvgIpc) is 2.58. The Bertz CT molecular complexity index is 413. The minimum Gasteiger partial charge on any atom is -0.316 e. The van der Waals surface area contributed by atoms with E-state index in [1.807, 2.05) is 0 Å². The molecule has 0 saturated carbocycles. The largest absolute Gasteiger partial charge is 0.323 e. The third-order valence-corrected chi connectivity index (χ3v) is 2.83. The van der Waals surface area contributed by atoms with Gasteiger partial charge in [-0.2, -0.15) is 0 Å². The predicted octanol–water partition coefficient (Wildman–Crippen LogP) is 0.194. The molecule has 0 spiro atoms. The number of ketones is 1. The molecule has 0 bridgehead atoms. The molecule has 5 nitrogen and oxygen atoms in total. The van der Waals surface area contributed by atoms with E-state index in [2.05, 4.69) is 15.3 Å². The molecule has 1 aliphatic rings. The van der Waals surface area contributed by atoms with Crippen molar-refractivity contribution in [2.45, 2.75) is 19.8 Å². The fourth-order valence-corrected chi connectivity index (χ4v) is 2.00. The van der Waals surface area contributed by atoms with E-state index in [4.69, 9.17) is 0 Å². The number of imidazole rings is 1. The Kier molecular flexibility index (Phi) is 2.73. The van der Waals surface area contributed by atoms with Gasteiger partial charge in [0, 0.05) is 18.2 Å². The van der Waals surface area contributed by atoms with Crippen molar-refractivity contribution in [2.75, 3.05) is 13.1 Å². The van der Waals surface area contributed by atoms with Crippen LogP contribution in [0.4, 0.5) is 0 Å². The second-order valence-corrected chi connectivity index (χ2v) is 3.99. The first-order valence-corrected chi connectivity index (χ1v) is 5.22. The van der Waals surface area contributed by atoms with Crippen molar-refractivity contribution in [1.82, 2.24) is 15.3 Å². The van der Waals surface area contributed by atoms with Crippen molar-refractivity contribution in [3.8, 4) is 0 Å². The standard InChI is InChI=1S/C10H15N3O2/c1-6-8(13-10(15)12-6)9(14)7-3-2-4-11-5-7/h7,11H,2-5H2,1H3,(H2,12,13,15). The molecule has 2 heterocycles. The lowest BCUT2D eigenvalue weighted by Gasteiger charge is -2.20. The van der Waals surface area contributed by atoms with Crippen molar-refractivity contribution in [2.24, 2.45) is 5.92 Å². The molecule has 0 aliphatic carbocycles. The predicted molar refractivity (Wildman–Crippen MR) is 56.1 cm³/mol. The van der Waals surface area contributed by atoms with Crippen LogP contribution in [0.3, 0.4) is 0 Å². The Hall–Kier alpha value is -1.36. The quantitative estimate of drug-likeness (QED) is 0.609. The van der Waals surface area contributed by atoms with Crippen LogP contribution in [0, 0.1) is 12.8 Å². The normalized spacial score (nSPS) is 21.5. The van der Waals surface area contributed by atoms with E-state index in [1.54, 1.807) is 6.92 Å². The maximum atomic E-state index is 12.0. The second kappa shape index (κ2) is 4.02. The molecular formula is C10H15N3O2. The third-order valence-electron chi connectivity index (χ3n) is 2.83. The summed E-state index contributed by atoms with van der Waals surface area (Å²) in [4.78, 5) is 28.2. The van der Waals surface area contributed by atoms with Gasteiger partial charge in [-0.05, 0) is 26.3 Å². The summed E-state index contributed by atoms with van der Waals surface area (Å²) in [5.74, 6) is 0.0435. The van der Waals surface area contributed by atoms with Crippen LogP contribution in [0.25, 0.3) is 0 Å². The number of Topliss-reactive ketones (excluding diaryl/α,β-unsaturated/α-hetero) is 1. The smallest absolute Gasteiger partial charge is 0.316 e. The van der Waals surface area contributed by atoms with E-state index in [1.165, 1.54) is 0 Å². The average molecular weight is 209 g/mol. The molecule has 1 aromatic heterocycles. The van der Waals surface area contributed by atoms with Gasteiger partial charge in [-0.15, -0.1) is 0 Å². The Morgan fingerprint density at radius 3 is 2.73 bits per heavy atom. The van der Waals surface area contributed by atoms with Gasteiger partial charge in [0.05, 0.1) is 0 Å². The Morgan fingerprint density at radius 2 is 2.20 bits per heavy atom. The number of carbonyl (C=O) groups excluding carboxylic acids is 1. The number of nitrogens with one attached hydrogen (secondary N) is 3.